The van der Waals surface area contributed by atoms with Crippen LogP contribution in [0.25, 0.3) is 0 Å². The van der Waals surface area contributed by atoms with Crippen LogP contribution < -0.4 is 5.32 Å². The van der Waals surface area contributed by atoms with E-state index < -0.39 is 0 Å². The minimum atomic E-state index is -0.323. The maximum atomic E-state index is 12.5. The molecule has 0 atom stereocenters. The summed E-state index contributed by atoms with van der Waals surface area (Å²) in [5.74, 6) is -0.768. The Bertz CT molecular complexity index is 890. The van der Waals surface area contributed by atoms with E-state index in [-0.39, 0.29) is 23.0 Å². The largest absolute Gasteiger partial charge is 0.507 e. The molecule has 0 aliphatic carbocycles. The van der Waals surface area contributed by atoms with Crippen LogP contribution in [-0.2, 0) is 6.54 Å². The number of carbonyl (C=O) groups is 2. The number of hydrogen-bond donors (Lipinski definition) is 2. The molecule has 0 unspecified atom stereocenters. The molecule has 0 fully saturated rings. The highest BCUT2D eigenvalue weighted by Crippen LogP contribution is 2.22. The normalized spacial score (nSPS) is 10.2. The highest BCUT2D eigenvalue weighted by Gasteiger charge is 2.16. The first-order valence-electron chi connectivity index (χ1n) is 7.90. The number of ketones is 1. The minimum absolute atomic E-state index is 0.110. The van der Waals surface area contributed by atoms with Crippen LogP contribution in [0.5, 0.6) is 5.75 Å². The van der Waals surface area contributed by atoms with Crippen LogP contribution in [0.2, 0.25) is 0 Å². The third kappa shape index (κ3) is 3.93. The standard InChI is InChI=1S/C21H17NO3/c23-19-12-11-17(21(25)22-14-15-7-3-1-4-8-15)13-18(19)20(24)16-9-5-2-6-10-16/h1-13,23H,14H2,(H,22,25). The molecule has 124 valence electrons. The van der Waals surface area contributed by atoms with Gasteiger partial charge in [-0.25, -0.2) is 0 Å². The quantitative estimate of drug-likeness (QED) is 0.703. The second-order valence-electron chi connectivity index (χ2n) is 5.60. The highest BCUT2D eigenvalue weighted by molar-refractivity contribution is 6.11. The van der Waals surface area contributed by atoms with Gasteiger partial charge in [0.2, 0.25) is 0 Å². The van der Waals surface area contributed by atoms with Gasteiger partial charge in [0.05, 0.1) is 5.56 Å². The van der Waals surface area contributed by atoms with Crippen molar-refractivity contribution in [1.29, 1.82) is 0 Å². The lowest BCUT2D eigenvalue weighted by Crippen LogP contribution is -2.23. The number of hydrogen-bond acceptors (Lipinski definition) is 3. The van der Waals surface area contributed by atoms with Gasteiger partial charge in [-0.1, -0.05) is 60.7 Å². The monoisotopic (exact) mass is 331 g/mol. The number of amides is 1. The van der Waals surface area contributed by atoms with Gasteiger partial charge >= 0.3 is 0 Å². The van der Waals surface area contributed by atoms with Crippen LogP contribution in [0, 0.1) is 0 Å². The molecular weight excluding hydrogens is 314 g/mol. The lowest BCUT2D eigenvalue weighted by atomic mass is 10.00. The van der Waals surface area contributed by atoms with Crippen molar-refractivity contribution in [3.05, 3.63) is 101 Å². The van der Waals surface area contributed by atoms with E-state index in [1.165, 1.54) is 18.2 Å². The van der Waals surface area contributed by atoms with Crippen molar-refractivity contribution in [3.8, 4) is 5.75 Å². The first kappa shape index (κ1) is 16.5. The van der Waals surface area contributed by atoms with Gasteiger partial charge < -0.3 is 10.4 Å². The van der Waals surface area contributed by atoms with Gasteiger partial charge in [-0.3, -0.25) is 9.59 Å². The lowest BCUT2D eigenvalue weighted by Gasteiger charge is -2.09. The zero-order chi connectivity index (χ0) is 17.6. The van der Waals surface area contributed by atoms with E-state index in [4.69, 9.17) is 0 Å². The van der Waals surface area contributed by atoms with Crippen molar-refractivity contribution in [2.24, 2.45) is 0 Å². The Kier molecular flexibility index (Phi) is 4.90. The molecule has 0 aromatic heterocycles. The van der Waals surface area contributed by atoms with E-state index in [2.05, 4.69) is 5.32 Å². The highest BCUT2D eigenvalue weighted by atomic mass is 16.3. The van der Waals surface area contributed by atoms with Crippen LogP contribution in [0.4, 0.5) is 0 Å². The first-order valence-corrected chi connectivity index (χ1v) is 7.90. The molecule has 3 rings (SSSR count). The molecule has 25 heavy (non-hydrogen) atoms. The lowest BCUT2D eigenvalue weighted by molar-refractivity contribution is 0.0951. The summed E-state index contributed by atoms with van der Waals surface area (Å²) in [6, 6.07) is 22.5. The molecule has 0 spiro atoms. The van der Waals surface area contributed by atoms with E-state index in [9.17, 15) is 14.7 Å². The number of aromatic hydroxyl groups is 1. The molecule has 0 aliphatic heterocycles. The number of carbonyl (C=O) groups excluding carboxylic acids is 2. The topological polar surface area (TPSA) is 66.4 Å². The third-order valence-corrected chi connectivity index (χ3v) is 3.84. The van der Waals surface area contributed by atoms with Gasteiger partial charge in [0.1, 0.15) is 5.75 Å². The summed E-state index contributed by atoms with van der Waals surface area (Å²) < 4.78 is 0. The molecule has 4 heteroatoms. The summed E-state index contributed by atoms with van der Waals surface area (Å²) in [4.78, 5) is 24.9. The molecule has 2 N–H and O–H groups in total. The second-order valence-corrected chi connectivity index (χ2v) is 5.60. The van der Waals surface area contributed by atoms with Crippen molar-refractivity contribution in [2.75, 3.05) is 0 Å². The Morgan fingerprint density at radius 1 is 0.800 bits per heavy atom. The maximum Gasteiger partial charge on any atom is 0.251 e. The summed E-state index contributed by atoms with van der Waals surface area (Å²) in [5.41, 5.74) is 1.88. The fraction of sp³-hybridized carbons (Fsp3) is 0.0476. The molecule has 0 aliphatic rings. The predicted octanol–water partition coefficient (Wildman–Crippen LogP) is 3.55. The van der Waals surface area contributed by atoms with Gasteiger partial charge in [-0.15, -0.1) is 0 Å². The summed E-state index contributed by atoms with van der Waals surface area (Å²) in [6.45, 7) is 0.391. The van der Waals surface area contributed by atoms with Crippen molar-refractivity contribution >= 4 is 11.7 Å². The molecule has 0 radical (unpaired) electrons. The zero-order valence-electron chi connectivity index (χ0n) is 13.5. The Balaban J connectivity index is 1.79. The summed E-state index contributed by atoms with van der Waals surface area (Å²) in [5, 5.41) is 12.8. The van der Waals surface area contributed by atoms with Crippen LogP contribution in [-0.4, -0.2) is 16.8 Å². The molecule has 0 saturated carbocycles. The Hall–Kier alpha value is -3.40. The van der Waals surface area contributed by atoms with Crippen molar-refractivity contribution in [3.63, 3.8) is 0 Å². The Morgan fingerprint density at radius 3 is 2.12 bits per heavy atom. The van der Waals surface area contributed by atoms with Crippen molar-refractivity contribution in [2.45, 2.75) is 6.54 Å². The molecule has 3 aromatic rings. The molecule has 0 bridgehead atoms. The van der Waals surface area contributed by atoms with Gasteiger partial charge in [-0.2, -0.15) is 0 Å². The number of phenolic OH excluding ortho intramolecular Hbond substituents is 1. The SMILES string of the molecule is O=C(NCc1ccccc1)c1ccc(O)c(C(=O)c2ccccc2)c1. The van der Waals surface area contributed by atoms with Crippen LogP contribution in [0.3, 0.4) is 0 Å². The Morgan fingerprint density at radius 2 is 1.44 bits per heavy atom. The van der Waals surface area contributed by atoms with Crippen LogP contribution in [0.1, 0.15) is 31.8 Å². The maximum absolute atomic E-state index is 12.5. The zero-order valence-corrected chi connectivity index (χ0v) is 13.5. The van der Waals surface area contributed by atoms with E-state index in [0.717, 1.165) is 5.56 Å². The second kappa shape index (κ2) is 7.45. The summed E-state index contributed by atoms with van der Waals surface area (Å²) in [7, 11) is 0. The van der Waals surface area contributed by atoms with Crippen LogP contribution in [0.15, 0.2) is 78.9 Å². The van der Waals surface area contributed by atoms with Gasteiger partial charge in [0, 0.05) is 17.7 Å². The first-order chi connectivity index (χ1) is 12.1. The molecular formula is C21H17NO3. The Labute approximate surface area is 145 Å². The number of rotatable bonds is 5. The van der Waals surface area contributed by atoms with Crippen LogP contribution >= 0.6 is 0 Å². The average Bonchev–Trinajstić information content (AvgIpc) is 2.67. The average molecular weight is 331 g/mol. The summed E-state index contributed by atoms with van der Waals surface area (Å²) in [6.07, 6.45) is 0. The predicted molar refractivity (Wildman–Crippen MR) is 95.6 cm³/mol. The number of nitrogens with one attached hydrogen (secondary N) is 1. The molecule has 4 nitrogen and oxygen atoms in total. The molecule has 3 aromatic carbocycles. The number of phenols is 1. The minimum Gasteiger partial charge on any atom is -0.507 e. The fourth-order valence-electron chi connectivity index (χ4n) is 2.48. The fourth-order valence-corrected chi connectivity index (χ4v) is 2.48. The van der Waals surface area contributed by atoms with Gasteiger partial charge in [0.25, 0.3) is 5.91 Å². The van der Waals surface area contributed by atoms with E-state index in [1.54, 1.807) is 24.3 Å². The summed E-state index contributed by atoms with van der Waals surface area (Å²) >= 11 is 0. The molecule has 0 saturated heterocycles. The smallest absolute Gasteiger partial charge is 0.251 e. The molecule has 0 heterocycles. The van der Waals surface area contributed by atoms with Gasteiger partial charge in [0.15, 0.2) is 5.78 Å². The van der Waals surface area contributed by atoms with E-state index in [0.29, 0.717) is 17.7 Å². The third-order valence-electron chi connectivity index (χ3n) is 3.84. The van der Waals surface area contributed by atoms with Crippen molar-refractivity contribution < 1.29 is 14.7 Å². The van der Waals surface area contributed by atoms with Gasteiger partial charge in [-0.05, 0) is 23.8 Å². The molecule has 1 amide bonds. The van der Waals surface area contributed by atoms with E-state index in [1.807, 2.05) is 36.4 Å². The number of benzene rings is 3. The van der Waals surface area contributed by atoms with Crippen molar-refractivity contribution in [1.82, 2.24) is 5.32 Å². The van der Waals surface area contributed by atoms with E-state index >= 15 is 0 Å².